The van der Waals surface area contributed by atoms with E-state index in [2.05, 4.69) is 5.32 Å². The molecule has 0 aliphatic rings. The number of hydrogen-bond acceptors (Lipinski definition) is 4. The van der Waals surface area contributed by atoms with E-state index in [1.54, 1.807) is 30.0 Å². The normalized spacial score (nSPS) is 13.1. The van der Waals surface area contributed by atoms with E-state index in [-0.39, 0.29) is 30.8 Å². The molecular weight excluding hydrogens is 498 g/mol. The Kier molecular flexibility index (Phi) is 10.8. The number of nitrogens with zero attached hydrogens (tertiary/aromatic N) is 2. The van der Waals surface area contributed by atoms with E-state index in [1.165, 1.54) is 4.31 Å². The molecule has 0 radical (unpaired) electrons. The third-order valence-electron chi connectivity index (χ3n) is 6.20. The number of halogens is 1. The van der Waals surface area contributed by atoms with Gasteiger partial charge in [0, 0.05) is 30.6 Å². The summed E-state index contributed by atoms with van der Waals surface area (Å²) in [5.41, 5.74) is 3.26. The Bertz CT molecular complexity index is 1170. The maximum absolute atomic E-state index is 13.4. The average molecular weight is 536 g/mol. The summed E-state index contributed by atoms with van der Waals surface area (Å²) >= 11 is 6.12. The number of carbonyl (C=O) groups excluding carboxylic acids is 2. The van der Waals surface area contributed by atoms with Crippen LogP contribution in [0.3, 0.4) is 0 Å². The zero-order valence-electron chi connectivity index (χ0n) is 22.0. The predicted molar refractivity (Wildman–Crippen MR) is 147 cm³/mol. The summed E-state index contributed by atoms with van der Waals surface area (Å²) in [5, 5.41) is 3.39. The molecule has 2 aromatic carbocycles. The molecule has 0 bridgehead atoms. The Morgan fingerprint density at radius 3 is 2.39 bits per heavy atom. The number of anilines is 1. The van der Waals surface area contributed by atoms with Gasteiger partial charge < -0.3 is 10.2 Å². The summed E-state index contributed by atoms with van der Waals surface area (Å²) in [5.74, 6) is -0.419. The van der Waals surface area contributed by atoms with Crippen molar-refractivity contribution in [3.63, 3.8) is 0 Å². The number of carbonyl (C=O) groups is 2. The number of sulfonamides is 1. The molecule has 36 heavy (non-hydrogen) atoms. The zero-order chi connectivity index (χ0) is 27.0. The lowest BCUT2D eigenvalue weighted by molar-refractivity contribution is -0.140. The van der Waals surface area contributed by atoms with Gasteiger partial charge in [-0.2, -0.15) is 0 Å². The largest absolute Gasteiger partial charge is 0.352 e. The van der Waals surface area contributed by atoms with Crippen molar-refractivity contribution in [1.82, 2.24) is 10.2 Å². The van der Waals surface area contributed by atoms with Crippen LogP contribution >= 0.6 is 11.6 Å². The third kappa shape index (κ3) is 8.52. The van der Waals surface area contributed by atoms with Crippen LogP contribution < -0.4 is 9.62 Å². The quantitative estimate of drug-likeness (QED) is 0.421. The lowest BCUT2D eigenvalue weighted by atomic mass is 10.1. The molecule has 2 aromatic rings. The van der Waals surface area contributed by atoms with Gasteiger partial charge in [-0.15, -0.1) is 0 Å². The molecule has 198 valence electrons. The van der Waals surface area contributed by atoms with Gasteiger partial charge >= 0.3 is 0 Å². The summed E-state index contributed by atoms with van der Waals surface area (Å²) in [4.78, 5) is 27.8. The highest BCUT2D eigenvalue weighted by Crippen LogP contribution is 2.27. The second-order valence-corrected chi connectivity index (χ2v) is 11.7. The average Bonchev–Trinajstić information content (AvgIpc) is 2.80. The number of benzene rings is 2. The van der Waals surface area contributed by atoms with Crippen molar-refractivity contribution in [3.8, 4) is 0 Å². The Morgan fingerprint density at radius 1 is 1.08 bits per heavy atom. The molecule has 2 amide bonds. The fraction of sp³-hybridized carbons (Fsp3) is 0.481. The van der Waals surface area contributed by atoms with Gasteiger partial charge in [0.15, 0.2) is 0 Å². The van der Waals surface area contributed by atoms with Gasteiger partial charge in [-0.1, -0.05) is 54.4 Å². The molecule has 0 aliphatic heterocycles. The first kappa shape index (κ1) is 29.6. The van der Waals surface area contributed by atoms with Crippen molar-refractivity contribution in [3.05, 3.63) is 64.2 Å². The molecule has 9 heteroatoms. The maximum atomic E-state index is 13.4. The van der Waals surface area contributed by atoms with Gasteiger partial charge in [-0.05, 0) is 63.8 Å². The molecule has 1 N–H and O–H groups in total. The van der Waals surface area contributed by atoms with E-state index in [1.807, 2.05) is 52.0 Å². The van der Waals surface area contributed by atoms with Gasteiger partial charge in [0.05, 0.1) is 11.9 Å². The Hall–Kier alpha value is -2.58. The predicted octanol–water partition coefficient (Wildman–Crippen LogP) is 4.84. The Labute approximate surface area is 220 Å². The highest BCUT2D eigenvalue weighted by Gasteiger charge is 2.27. The lowest BCUT2D eigenvalue weighted by Gasteiger charge is -2.30. The minimum Gasteiger partial charge on any atom is -0.352 e. The van der Waals surface area contributed by atoms with E-state index < -0.39 is 16.1 Å². The Balaban J connectivity index is 2.21. The lowest BCUT2D eigenvalue weighted by Crippen LogP contribution is -2.49. The first-order valence-corrected chi connectivity index (χ1v) is 14.4. The van der Waals surface area contributed by atoms with Crippen molar-refractivity contribution >= 4 is 39.1 Å². The van der Waals surface area contributed by atoms with Gasteiger partial charge in [0.1, 0.15) is 6.04 Å². The van der Waals surface area contributed by atoms with Crippen LogP contribution in [0.2, 0.25) is 5.02 Å². The smallest absolute Gasteiger partial charge is 0.242 e. The molecule has 2 atom stereocenters. The topological polar surface area (TPSA) is 86.8 Å². The SMILES string of the molecule is CC[C@@H](C)NC(=O)[C@H](C)N(Cc1cccc(C)c1)C(=O)CCCN(c1cc(Cl)ccc1C)S(C)(=O)=O. The van der Waals surface area contributed by atoms with E-state index >= 15 is 0 Å². The molecule has 0 aromatic heterocycles. The van der Waals surface area contributed by atoms with Crippen molar-refractivity contribution in [2.45, 2.75) is 72.5 Å². The summed E-state index contributed by atoms with van der Waals surface area (Å²) in [6.45, 7) is 9.84. The van der Waals surface area contributed by atoms with E-state index in [9.17, 15) is 18.0 Å². The summed E-state index contributed by atoms with van der Waals surface area (Å²) in [7, 11) is -3.59. The molecule has 0 saturated carbocycles. The third-order valence-corrected chi connectivity index (χ3v) is 7.61. The fourth-order valence-electron chi connectivity index (χ4n) is 3.89. The van der Waals surface area contributed by atoms with E-state index in [0.717, 1.165) is 29.4 Å². The van der Waals surface area contributed by atoms with Crippen molar-refractivity contribution < 1.29 is 18.0 Å². The number of aryl methyl sites for hydroxylation is 2. The van der Waals surface area contributed by atoms with Crippen LogP contribution in [0.4, 0.5) is 5.69 Å². The monoisotopic (exact) mass is 535 g/mol. The maximum Gasteiger partial charge on any atom is 0.242 e. The number of rotatable bonds is 12. The van der Waals surface area contributed by atoms with Crippen molar-refractivity contribution in [2.75, 3.05) is 17.1 Å². The second kappa shape index (κ2) is 13.1. The van der Waals surface area contributed by atoms with Crippen LogP contribution in [-0.2, 0) is 26.2 Å². The number of amides is 2. The zero-order valence-corrected chi connectivity index (χ0v) is 23.6. The molecule has 0 aliphatic carbocycles. The first-order valence-electron chi connectivity index (χ1n) is 12.2. The van der Waals surface area contributed by atoms with Crippen LogP contribution in [0.15, 0.2) is 42.5 Å². The molecule has 0 fully saturated rings. The summed E-state index contributed by atoms with van der Waals surface area (Å²) in [6, 6.07) is 12.2. The van der Waals surface area contributed by atoms with Crippen LogP contribution in [0.25, 0.3) is 0 Å². The minimum atomic E-state index is -3.59. The van der Waals surface area contributed by atoms with E-state index in [0.29, 0.717) is 23.7 Å². The van der Waals surface area contributed by atoms with Gasteiger partial charge in [0.25, 0.3) is 0 Å². The highest BCUT2D eigenvalue weighted by molar-refractivity contribution is 7.92. The van der Waals surface area contributed by atoms with Crippen molar-refractivity contribution in [2.24, 2.45) is 0 Å². The summed E-state index contributed by atoms with van der Waals surface area (Å²) in [6.07, 6.45) is 2.31. The fourth-order valence-corrected chi connectivity index (χ4v) is 5.07. The molecule has 0 unspecified atom stereocenters. The van der Waals surface area contributed by atoms with Crippen LogP contribution in [-0.4, -0.2) is 50.0 Å². The summed E-state index contributed by atoms with van der Waals surface area (Å²) < 4.78 is 26.4. The second-order valence-electron chi connectivity index (χ2n) is 9.37. The van der Waals surface area contributed by atoms with Gasteiger partial charge in [0.2, 0.25) is 21.8 Å². The van der Waals surface area contributed by atoms with Crippen LogP contribution in [0, 0.1) is 13.8 Å². The van der Waals surface area contributed by atoms with Gasteiger partial charge in [-0.3, -0.25) is 13.9 Å². The highest BCUT2D eigenvalue weighted by atomic mass is 35.5. The van der Waals surface area contributed by atoms with E-state index in [4.69, 9.17) is 11.6 Å². The van der Waals surface area contributed by atoms with Crippen LogP contribution in [0.5, 0.6) is 0 Å². The first-order chi connectivity index (χ1) is 16.8. The number of nitrogens with one attached hydrogen (secondary N) is 1. The molecule has 0 spiro atoms. The van der Waals surface area contributed by atoms with Gasteiger partial charge in [-0.25, -0.2) is 8.42 Å². The molecule has 0 heterocycles. The molecule has 7 nitrogen and oxygen atoms in total. The minimum absolute atomic E-state index is 0.000117. The standard InChI is InChI=1S/C27H38ClN3O4S/c1-7-21(4)29-27(33)22(5)30(18-23-11-8-10-19(2)16-23)26(32)12-9-15-31(36(6,34)35)25-17-24(28)14-13-20(25)3/h8,10-11,13-14,16-17,21-22H,7,9,12,15,18H2,1-6H3,(H,29,33)/t21-,22+/m1/s1. The Morgan fingerprint density at radius 2 is 1.78 bits per heavy atom. The molecule has 2 rings (SSSR count). The number of hydrogen-bond donors (Lipinski definition) is 1. The van der Waals surface area contributed by atoms with Crippen molar-refractivity contribution in [1.29, 1.82) is 0 Å². The molecule has 0 saturated heterocycles. The van der Waals surface area contributed by atoms with Crippen LogP contribution in [0.1, 0.15) is 56.7 Å². The molecular formula is C27H38ClN3O4S.